The van der Waals surface area contributed by atoms with Gasteiger partial charge in [-0.1, -0.05) is 29.3 Å². The zero-order valence-corrected chi connectivity index (χ0v) is 10.5. The second-order valence-corrected chi connectivity index (χ2v) is 4.26. The van der Waals surface area contributed by atoms with Gasteiger partial charge in [-0.15, -0.1) is 0 Å². The molecule has 1 aromatic heterocycles. The molecule has 0 aliphatic rings. The Balaban J connectivity index is 2.24. The molecule has 2 rings (SSSR count). The lowest BCUT2D eigenvalue weighted by Gasteiger charge is -2.06. The average molecular weight is 283 g/mol. The standard InChI is InChI=1S/C12H8Cl2N2O2/c13-9-4-5-10(14)16-11(9)12(18)15-7-2-1-3-8(17)6-7/h1-6,17H,(H,15,18). The minimum Gasteiger partial charge on any atom is -0.508 e. The Bertz CT molecular complexity index is 602. The average Bonchev–Trinajstić information content (AvgIpc) is 2.32. The van der Waals surface area contributed by atoms with Crippen molar-refractivity contribution in [1.29, 1.82) is 0 Å². The van der Waals surface area contributed by atoms with Crippen LogP contribution in [-0.2, 0) is 0 Å². The Morgan fingerprint density at radius 1 is 1.22 bits per heavy atom. The second kappa shape index (κ2) is 5.25. The number of carbonyl (C=O) groups is 1. The first-order valence-corrected chi connectivity index (χ1v) is 5.74. The number of hydrogen-bond donors (Lipinski definition) is 2. The van der Waals surface area contributed by atoms with E-state index in [2.05, 4.69) is 10.3 Å². The van der Waals surface area contributed by atoms with Crippen molar-refractivity contribution >= 4 is 34.8 Å². The fourth-order valence-corrected chi connectivity index (χ4v) is 1.69. The zero-order chi connectivity index (χ0) is 13.1. The number of aromatic hydroxyl groups is 1. The molecule has 0 fully saturated rings. The number of nitrogens with one attached hydrogen (secondary N) is 1. The maximum atomic E-state index is 11.9. The van der Waals surface area contributed by atoms with Gasteiger partial charge in [0.1, 0.15) is 16.6 Å². The van der Waals surface area contributed by atoms with Gasteiger partial charge in [0.25, 0.3) is 5.91 Å². The molecule has 0 spiro atoms. The van der Waals surface area contributed by atoms with Crippen molar-refractivity contribution < 1.29 is 9.90 Å². The summed E-state index contributed by atoms with van der Waals surface area (Å²) in [6.07, 6.45) is 0. The molecule has 1 aromatic carbocycles. The van der Waals surface area contributed by atoms with Gasteiger partial charge in [0.2, 0.25) is 0 Å². The number of anilines is 1. The van der Waals surface area contributed by atoms with E-state index in [9.17, 15) is 9.90 Å². The first-order valence-electron chi connectivity index (χ1n) is 4.98. The summed E-state index contributed by atoms with van der Waals surface area (Å²) in [6, 6.07) is 9.15. The van der Waals surface area contributed by atoms with E-state index >= 15 is 0 Å². The van der Waals surface area contributed by atoms with Crippen LogP contribution >= 0.6 is 23.2 Å². The molecular weight excluding hydrogens is 275 g/mol. The van der Waals surface area contributed by atoms with E-state index in [1.54, 1.807) is 12.1 Å². The van der Waals surface area contributed by atoms with Crippen LogP contribution in [0.3, 0.4) is 0 Å². The third-order valence-electron chi connectivity index (χ3n) is 2.13. The van der Waals surface area contributed by atoms with E-state index < -0.39 is 5.91 Å². The van der Waals surface area contributed by atoms with Crippen LogP contribution in [0.15, 0.2) is 36.4 Å². The molecule has 18 heavy (non-hydrogen) atoms. The molecule has 6 heteroatoms. The fourth-order valence-electron chi connectivity index (χ4n) is 1.35. The number of hydrogen-bond acceptors (Lipinski definition) is 3. The number of aromatic nitrogens is 1. The van der Waals surface area contributed by atoms with Gasteiger partial charge in [-0.05, 0) is 24.3 Å². The Morgan fingerprint density at radius 2 is 2.00 bits per heavy atom. The summed E-state index contributed by atoms with van der Waals surface area (Å²) in [5.41, 5.74) is 0.477. The predicted octanol–water partition coefficient (Wildman–Crippen LogP) is 3.35. The molecule has 0 saturated carbocycles. The first kappa shape index (κ1) is 12.7. The number of amides is 1. The van der Waals surface area contributed by atoms with E-state index in [1.165, 1.54) is 24.3 Å². The number of phenolic OH excluding ortho intramolecular Hbond substituents is 1. The van der Waals surface area contributed by atoms with Crippen molar-refractivity contribution in [2.45, 2.75) is 0 Å². The molecule has 0 aliphatic heterocycles. The summed E-state index contributed by atoms with van der Waals surface area (Å²) in [5, 5.41) is 12.2. The second-order valence-electron chi connectivity index (χ2n) is 3.47. The Kier molecular flexibility index (Phi) is 3.69. The van der Waals surface area contributed by atoms with Gasteiger partial charge in [0, 0.05) is 11.8 Å². The van der Waals surface area contributed by atoms with E-state index in [-0.39, 0.29) is 21.6 Å². The van der Waals surface area contributed by atoms with Crippen LogP contribution < -0.4 is 5.32 Å². The first-order chi connectivity index (χ1) is 8.56. The summed E-state index contributed by atoms with van der Waals surface area (Å²) in [7, 11) is 0. The van der Waals surface area contributed by atoms with Gasteiger partial charge < -0.3 is 10.4 Å². The number of pyridine rings is 1. The predicted molar refractivity (Wildman–Crippen MR) is 70.3 cm³/mol. The monoisotopic (exact) mass is 282 g/mol. The van der Waals surface area contributed by atoms with Crippen molar-refractivity contribution in [2.24, 2.45) is 0 Å². The third-order valence-corrected chi connectivity index (χ3v) is 2.65. The minimum atomic E-state index is -0.492. The number of phenols is 1. The Hall–Kier alpha value is -1.78. The largest absolute Gasteiger partial charge is 0.508 e. The Morgan fingerprint density at radius 3 is 2.72 bits per heavy atom. The highest BCUT2D eigenvalue weighted by Crippen LogP contribution is 2.20. The molecule has 0 atom stereocenters. The quantitative estimate of drug-likeness (QED) is 0.831. The molecular formula is C12H8Cl2N2O2. The maximum Gasteiger partial charge on any atom is 0.275 e. The summed E-state index contributed by atoms with van der Waals surface area (Å²) in [4.78, 5) is 15.8. The van der Waals surface area contributed by atoms with Crippen LogP contribution in [0.1, 0.15) is 10.5 Å². The van der Waals surface area contributed by atoms with Gasteiger partial charge in [0.05, 0.1) is 5.02 Å². The van der Waals surface area contributed by atoms with Crippen LogP contribution in [0.5, 0.6) is 5.75 Å². The highest BCUT2D eigenvalue weighted by atomic mass is 35.5. The lowest BCUT2D eigenvalue weighted by molar-refractivity contribution is 0.102. The lowest BCUT2D eigenvalue weighted by Crippen LogP contribution is -2.14. The van der Waals surface area contributed by atoms with Crippen LogP contribution in [-0.4, -0.2) is 16.0 Å². The van der Waals surface area contributed by atoms with E-state index in [4.69, 9.17) is 23.2 Å². The number of rotatable bonds is 2. The molecule has 2 aromatic rings. The van der Waals surface area contributed by atoms with Gasteiger partial charge in [-0.25, -0.2) is 4.98 Å². The summed E-state index contributed by atoms with van der Waals surface area (Å²) in [6.45, 7) is 0. The number of halogens is 2. The Labute approximate surface area is 113 Å². The van der Waals surface area contributed by atoms with Crippen molar-refractivity contribution in [1.82, 2.24) is 4.98 Å². The summed E-state index contributed by atoms with van der Waals surface area (Å²) < 4.78 is 0. The lowest BCUT2D eigenvalue weighted by atomic mass is 10.3. The summed E-state index contributed by atoms with van der Waals surface area (Å²) >= 11 is 11.6. The summed E-state index contributed by atoms with van der Waals surface area (Å²) in [5.74, 6) is -0.439. The van der Waals surface area contributed by atoms with E-state index in [1.807, 2.05) is 0 Å². The highest BCUT2D eigenvalue weighted by molar-refractivity contribution is 6.35. The maximum absolute atomic E-state index is 11.9. The molecule has 1 heterocycles. The fraction of sp³-hybridized carbons (Fsp3) is 0. The third kappa shape index (κ3) is 2.91. The zero-order valence-electron chi connectivity index (χ0n) is 9.02. The number of benzene rings is 1. The minimum absolute atomic E-state index is 0.0347. The molecule has 1 amide bonds. The van der Waals surface area contributed by atoms with Crippen LogP contribution in [0.4, 0.5) is 5.69 Å². The van der Waals surface area contributed by atoms with Crippen molar-refractivity contribution in [2.75, 3.05) is 5.32 Å². The molecule has 0 saturated heterocycles. The van der Waals surface area contributed by atoms with Crippen molar-refractivity contribution in [3.05, 3.63) is 52.3 Å². The number of carbonyl (C=O) groups excluding carboxylic acids is 1. The van der Waals surface area contributed by atoms with Crippen molar-refractivity contribution in [3.8, 4) is 5.75 Å². The number of nitrogens with zero attached hydrogens (tertiary/aromatic N) is 1. The smallest absolute Gasteiger partial charge is 0.275 e. The van der Waals surface area contributed by atoms with Gasteiger partial charge in [-0.2, -0.15) is 0 Å². The highest BCUT2D eigenvalue weighted by Gasteiger charge is 2.13. The van der Waals surface area contributed by atoms with Gasteiger partial charge >= 0.3 is 0 Å². The van der Waals surface area contributed by atoms with Gasteiger partial charge in [0.15, 0.2) is 0 Å². The van der Waals surface area contributed by atoms with Crippen LogP contribution in [0, 0.1) is 0 Å². The normalized spacial score (nSPS) is 10.1. The van der Waals surface area contributed by atoms with Gasteiger partial charge in [-0.3, -0.25) is 4.79 Å². The van der Waals surface area contributed by atoms with E-state index in [0.717, 1.165) is 0 Å². The molecule has 0 unspecified atom stereocenters. The van der Waals surface area contributed by atoms with Crippen molar-refractivity contribution in [3.63, 3.8) is 0 Å². The van der Waals surface area contributed by atoms with Crippen LogP contribution in [0.2, 0.25) is 10.2 Å². The molecule has 0 aliphatic carbocycles. The van der Waals surface area contributed by atoms with Crippen LogP contribution in [0.25, 0.3) is 0 Å². The SMILES string of the molecule is O=C(Nc1cccc(O)c1)c1nc(Cl)ccc1Cl. The van der Waals surface area contributed by atoms with E-state index in [0.29, 0.717) is 5.69 Å². The molecule has 92 valence electrons. The molecule has 0 bridgehead atoms. The molecule has 2 N–H and O–H groups in total. The molecule has 0 radical (unpaired) electrons. The molecule has 4 nitrogen and oxygen atoms in total. The topological polar surface area (TPSA) is 62.2 Å².